The van der Waals surface area contributed by atoms with E-state index in [4.69, 9.17) is 0 Å². The van der Waals surface area contributed by atoms with Gasteiger partial charge in [-0.2, -0.15) is 0 Å². The third kappa shape index (κ3) is 8.78. The number of sulfone groups is 1. The fourth-order valence-electron chi connectivity index (χ4n) is 3.38. The first kappa shape index (κ1) is 24.2. The van der Waals surface area contributed by atoms with E-state index in [9.17, 15) is 8.42 Å². The van der Waals surface area contributed by atoms with E-state index in [1.807, 2.05) is 30.3 Å². The molecule has 1 atom stereocenters. The Labute approximate surface area is 181 Å². The van der Waals surface area contributed by atoms with Crippen molar-refractivity contribution in [3.8, 4) is 0 Å². The van der Waals surface area contributed by atoms with E-state index in [0.717, 1.165) is 24.6 Å². The Bertz CT molecular complexity index is 668. The highest BCUT2D eigenvalue weighted by Gasteiger charge is 2.22. The Hall–Kier alpha value is -0.870. The van der Waals surface area contributed by atoms with Crippen molar-refractivity contribution >= 4 is 39.8 Å². The number of hydrogen-bond acceptors (Lipinski definition) is 4. The van der Waals surface area contributed by atoms with Gasteiger partial charge < -0.3 is 10.6 Å². The van der Waals surface area contributed by atoms with E-state index in [2.05, 4.69) is 27.4 Å². The summed E-state index contributed by atoms with van der Waals surface area (Å²) < 4.78 is 24.4. The molecule has 0 amide bonds. The maximum atomic E-state index is 12.2. The lowest BCUT2D eigenvalue weighted by atomic mass is 10.2. The second-order valence-corrected chi connectivity index (χ2v) is 8.92. The normalized spacial score (nSPS) is 18.1. The molecule has 0 radical (unpaired) electrons. The third-order valence-electron chi connectivity index (χ3n) is 4.79. The molecule has 8 heteroatoms. The number of likely N-dealkylation sites (tertiary alicyclic amines) is 1. The van der Waals surface area contributed by atoms with Gasteiger partial charge >= 0.3 is 0 Å². The minimum absolute atomic E-state index is 0. The van der Waals surface area contributed by atoms with Gasteiger partial charge in [0.25, 0.3) is 0 Å². The monoisotopic (exact) mass is 508 g/mol. The van der Waals surface area contributed by atoms with Gasteiger partial charge in [0.1, 0.15) is 0 Å². The summed E-state index contributed by atoms with van der Waals surface area (Å²) in [6.07, 6.45) is 3.04. The molecule has 6 nitrogen and oxygen atoms in total. The van der Waals surface area contributed by atoms with E-state index in [0.29, 0.717) is 19.0 Å². The molecule has 1 aromatic rings. The number of nitrogens with one attached hydrogen (secondary N) is 2. The van der Waals surface area contributed by atoms with Crippen molar-refractivity contribution in [2.75, 3.05) is 39.0 Å². The SMILES string of the molecule is CCN1CCCC1CNC(=NC)NCCCS(=O)(=O)Cc1ccccc1.I. The molecule has 0 aliphatic carbocycles. The molecular weight excluding hydrogens is 475 g/mol. The van der Waals surface area contributed by atoms with Gasteiger partial charge in [-0.25, -0.2) is 8.42 Å². The summed E-state index contributed by atoms with van der Waals surface area (Å²) in [4.78, 5) is 6.71. The summed E-state index contributed by atoms with van der Waals surface area (Å²) in [5.41, 5.74) is 0.843. The number of guanidine groups is 1. The molecule has 0 spiro atoms. The highest BCUT2D eigenvalue weighted by atomic mass is 127. The lowest BCUT2D eigenvalue weighted by Gasteiger charge is -2.23. The summed E-state index contributed by atoms with van der Waals surface area (Å²) >= 11 is 0. The summed E-state index contributed by atoms with van der Waals surface area (Å²) in [6, 6.07) is 9.89. The van der Waals surface area contributed by atoms with E-state index in [1.54, 1.807) is 7.05 Å². The summed E-state index contributed by atoms with van der Waals surface area (Å²) in [5, 5.41) is 6.58. The minimum Gasteiger partial charge on any atom is -0.356 e. The number of rotatable bonds is 9. The number of aliphatic imine (C=N–C) groups is 1. The van der Waals surface area contributed by atoms with Crippen molar-refractivity contribution in [2.24, 2.45) is 4.99 Å². The first-order valence-electron chi connectivity index (χ1n) is 9.47. The molecule has 0 saturated carbocycles. The molecule has 1 heterocycles. The Morgan fingerprint density at radius 3 is 2.67 bits per heavy atom. The average Bonchev–Trinajstić information content (AvgIpc) is 3.09. The first-order chi connectivity index (χ1) is 12.5. The van der Waals surface area contributed by atoms with E-state index in [-0.39, 0.29) is 35.5 Å². The van der Waals surface area contributed by atoms with Crippen LogP contribution in [0.2, 0.25) is 0 Å². The van der Waals surface area contributed by atoms with Gasteiger partial charge in [-0.1, -0.05) is 37.3 Å². The average molecular weight is 508 g/mol. The van der Waals surface area contributed by atoms with Crippen molar-refractivity contribution in [1.29, 1.82) is 0 Å². The number of benzene rings is 1. The first-order valence-corrected chi connectivity index (χ1v) is 11.3. The zero-order valence-corrected chi connectivity index (χ0v) is 19.5. The van der Waals surface area contributed by atoms with Gasteiger partial charge in [-0.05, 0) is 37.9 Å². The second kappa shape index (κ2) is 12.6. The second-order valence-electron chi connectivity index (χ2n) is 6.74. The van der Waals surface area contributed by atoms with Crippen molar-refractivity contribution in [2.45, 2.75) is 38.0 Å². The van der Waals surface area contributed by atoms with Gasteiger partial charge in [-0.3, -0.25) is 9.89 Å². The topological polar surface area (TPSA) is 73.8 Å². The van der Waals surface area contributed by atoms with Crippen LogP contribution in [0.4, 0.5) is 0 Å². The van der Waals surface area contributed by atoms with Gasteiger partial charge in [-0.15, -0.1) is 24.0 Å². The molecule has 2 rings (SSSR count). The maximum absolute atomic E-state index is 12.2. The Balaban J connectivity index is 0.00000364. The zero-order chi connectivity index (χ0) is 18.8. The van der Waals surface area contributed by atoms with Crippen LogP contribution < -0.4 is 10.6 Å². The molecule has 0 aromatic heterocycles. The van der Waals surface area contributed by atoms with Crippen LogP contribution in [0.5, 0.6) is 0 Å². The highest BCUT2D eigenvalue weighted by Crippen LogP contribution is 2.15. The standard InChI is InChI=1S/C19H32N4O2S.HI/c1-3-23-13-7-11-18(23)15-22-19(20-2)21-12-8-14-26(24,25)16-17-9-5-4-6-10-17;/h4-6,9-10,18H,3,7-8,11-16H2,1-2H3,(H2,20,21,22);1H. The smallest absolute Gasteiger partial charge is 0.191 e. The van der Waals surface area contributed by atoms with Crippen molar-refractivity contribution < 1.29 is 8.42 Å². The van der Waals surface area contributed by atoms with Gasteiger partial charge in [0.2, 0.25) is 0 Å². The van der Waals surface area contributed by atoms with Crippen LogP contribution in [0.3, 0.4) is 0 Å². The molecule has 1 aliphatic rings. The maximum Gasteiger partial charge on any atom is 0.191 e. The highest BCUT2D eigenvalue weighted by molar-refractivity contribution is 14.0. The Kier molecular flexibility index (Phi) is 11.2. The number of nitrogens with zero attached hydrogens (tertiary/aromatic N) is 2. The van der Waals surface area contributed by atoms with Crippen LogP contribution >= 0.6 is 24.0 Å². The molecule has 1 saturated heterocycles. The van der Waals surface area contributed by atoms with Crippen LogP contribution in [-0.4, -0.2) is 64.3 Å². The number of hydrogen-bond donors (Lipinski definition) is 2. The predicted molar refractivity (Wildman–Crippen MR) is 124 cm³/mol. The molecule has 2 N–H and O–H groups in total. The fraction of sp³-hybridized carbons (Fsp3) is 0.632. The van der Waals surface area contributed by atoms with E-state index < -0.39 is 9.84 Å². The molecular formula is C19H33IN4O2S. The number of likely N-dealkylation sites (N-methyl/N-ethyl adjacent to an activating group) is 1. The fourth-order valence-corrected chi connectivity index (χ4v) is 4.81. The van der Waals surface area contributed by atoms with Crippen LogP contribution in [0.25, 0.3) is 0 Å². The zero-order valence-electron chi connectivity index (χ0n) is 16.4. The lowest BCUT2D eigenvalue weighted by Crippen LogP contribution is -2.45. The molecule has 27 heavy (non-hydrogen) atoms. The van der Waals surface area contributed by atoms with Crippen molar-refractivity contribution in [1.82, 2.24) is 15.5 Å². The van der Waals surface area contributed by atoms with Crippen LogP contribution in [0, 0.1) is 0 Å². The summed E-state index contributed by atoms with van der Waals surface area (Å²) in [5.74, 6) is 1.03. The van der Waals surface area contributed by atoms with Crippen LogP contribution in [0.1, 0.15) is 31.7 Å². The van der Waals surface area contributed by atoms with Gasteiger partial charge in [0, 0.05) is 26.2 Å². The number of halogens is 1. The largest absolute Gasteiger partial charge is 0.356 e. The van der Waals surface area contributed by atoms with Crippen LogP contribution in [-0.2, 0) is 15.6 Å². The molecule has 1 aliphatic heterocycles. The lowest BCUT2D eigenvalue weighted by molar-refractivity contribution is 0.267. The molecule has 1 unspecified atom stereocenters. The molecule has 0 bridgehead atoms. The Morgan fingerprint density at radius 1 is 1.26 bits per heavy atom. The minimum atomic E-state index is -3.08. The van der Waals surface area contributed by atoms with E-state index in [1.165, 1.54) is 19.4 Å². The van der Waals surface area contributed by atoms with E-state index >= 15 is 0 Å². The molecule has 154 valence electrons. The van der Waals surface area contributed by atoms with Gasteiger partial charge in [0.05, 0.1) is 11.5 Å². The van der Waals surface area contributed by atoms with Gasteiger partial charge in [0.15, 0.2) is 15.8 Å². The van der Waals surface area contributed by atoms with Crippen LogP contribution in [0.15, 0.2) is 35.3 Å². The predicted octanol–water partition coefficient (Wildman–Crippen LogP) is 2.26. The van der Waals surface area contributed by atoms with Crippen molar-refractivity contribution in [3.63, 3.8) is 0 Å². The Morgan fingerprint density at radius 2 is 2.00 bits per heavy atom. The van der Waals surface area contributed by atoms with Crippen molar-refractivity contribution in [3.05, 3.63) is 35.9 Å². The summed E-state index contributed by atoms with van der Waals surface area (Å²) in [6.45, 7) is 5.92. The summed E-state index contributed by atoms with van der Waals surface area (Å²) in [7, 11) is -1.34. The molecule has 1 fully saturated rings. The third-order valence-corrected chi connectivity index (χ3v) is 6.47. The quantitative estimate of drug-likeness (QED) is 0.232. The molecule has 1 aromatic carbocycles.